The van der Waals surface area contributed by atoms with Crippen molar-refractivity contribution in [3.63, 3.8) is 0 Å². The van der Waals surface area contributed by atoms with Gasteiger partial charge in [-0.05, 0) is 6.92 Å². The Bertz CT molecular complexity index is 771. The minimum Gasteiger partial charge on any atom is -0.466 e. The second-order valence-corrected chi connectivity index (χ2v) is 6.05. The third-order valence-corrected chi connectivity index (χ3v) is 3.96. The number of nitrogens with one attached hydrogen (secondary N) is 1. The molecule has 134 valence electrons. The number of carbonyl (C=O) groups excluding carboxylic acids is 2. The van der Waals surface area contributed by atoms with Gasteiger partial charge < -0.3 is 10.1 Å². The van der Waals surface area contributed by atoms with Crippen molar-refractivity contribution in [3.8, 4) is 0 Å². The molecule has 0 fully saturated rings. The predicted molar refractivity (Wildman–Crippen MR) is 89.1 cm³/mol. The molecule has 0 radical (unpaired) electrons. The predicted octanol–water partition coefficient (Wildman–Crippen LogP) is 1.63. The summed E-state index contributed by atoms with van der Waals surface area (Å²) in [5, 5.41) is 19.2. The van der Waals surface area contributed by atoms with Gasteiger partial charge in [-0.2, -0.15) is 5.10 Å². The number of anilines is 1. The monoisotopic (exact) mass is 367 g/mol. The molecule has 1 unspecified atom stereocenters. The molecule has 2 rings (SSSR count). The number of rotatable bonds is 8. The van der Waals surface area contributed by atoms with E-state index >= 15 is 0 Å². The van der Waals surface area contributed by atoms with E-state index in [0.29, 0.717) is 17.4 Å². The highest BCUT2D eigenvalue weighted by Crippen LogP contribution is 2.18. The molecule has 11 heteroatoms. The zero-order valence-corrected chi connectivity index (χ0v) is 14.5. The first kappa shape index (κ1) is 18.5. The fourth-order valence-corrected chi connectivity index (χ4v) is 2.66. The molecule has 25 heavy (non-hydrogen) atoms. The van der Waals surface area contributed by atoms with Crippen LogP contribution < -0.4 is 5.32 Å². The summed E-state index contributed by atoms with van der Waals surface area (Å²) in [7, 11) is 0. The first-order chi connectivity index (χ1) is 11.9. The van der Waals surface area contributed by atoms with Gasteiger partial charge in [-0.15, -0.1) is 11.3 Å². The Morgan fingerprint density at radius 3 is 2.92 bits per heavy atom. The summed E-state index contributed by atoms with van der Waals surface area (Å²) in [5.74, 6) is -1.15. The van der Waals surface area contributed by atoms with Crippen LogP contribution in [0.1, 0.15) is 19.5 Å². The number of nitro groups is 1. The van der Waals surface area contributed by atoms with Crippen LogP contribution in [-0.4, -0.2) is 38.2 Å². The second kappa shape index (κ2) is 8.33. The van der Waals surface area contributed by atoms with Gasteiger partial charge in [0.25, 0.3) is 0 Å². The highest BCUT2D eigenvalue weighted by atomic mass is 32.1. The van der Waals surface area contributed by atoms with Crippen LogP contribution in [0.4, 0.5) is 10.8 Å². The van der Waals surface area contributed by atoms with Gasteiger partial charge in [0.15, 0.2) is 5.13 Å². The van der Waals surface area contributed by atoms with E-state index in [1.165, 1.54) is 22.2 Å². The molecule has 2 aromatic rings. The van der Waals surface area contributed by atoms with E-state index in [1.807, 2.05) is 0 Å². The summed E-state index contributed by atoms with van der Waals surface area (Å²) in [6, 6.07) is 0. The van der Waals surface area contributed by atoms with Gasteiger partial charge in [0.05, 0.1) is 36.1 Å². The molecule has 2 heterocycles. The lowest BCUT2D eigenvalue weighted by Crippen LogP contribution is -2.24. The van der Waals surface area contributed by atoms with Crippen molar-refractivity contribution in [2.24, 2.45) is 5.92 Å². The molecule has 0 aliphatic carbocycles. The van der Waals surface area contributed by atoms with E-state index < -0.39 is 10.8 Å². The zero-order valence-electron chi connectivity index (χ0n) is 13.7. The summed E-state index contributed by atoms with van der Waals surface area (Å²) in [6.45, 7) is 3.90. The maximum absolute atomic E-state index is 12.2. The molecular formula is C14H17N5O5S. The van der Waals surface area contributed by atoms with Crippen LogP contribution >= 0.6 is 11.3 Å². The van der Waals surface area contributed by atoms with Crippen molar-refractivity contribution in [3.05, 3.63) is 33.6 Å². The van der Waals surface area contributed by atoms with Gasteiger partial charge in [0.2, 0.25) is 5.91 Å². The minimum atomic E-state index is -0.547. The largest absolute Gasteiger partial charge is 0.466 e. The smallest absolute Gasteiger partial charge is 0.311 e. The molecular weight excluding hydrogens is 350 g/mol. The normalized spacial score (nSPS) is 11.8. The molecule has 0 saturated heterocycles. The summed E-state index contributed by atoms with van der Waals surface area (Å²) >= 11 is 1.21. The lowest BCUT2D eigenvalue weighted by molar-refractivity contribution is -0.385. The van der Waals surface area contributed by atoms with E-state index in [-0.39, 0.29) is 30.5 Å². The fourth-order valence-electron chi connectivity index (χ4n) is 1.94. The highest BCUT2D eigenvalue weighted by molar-refractivity contribution is 7.13. The number of ether oxygens (including phenoxy) is 1. The molecule has 0 saturated carbocycles. The maximum Gasteiger partial charge on any atom is 0.311 e. The molecule has 1 atom stereocenters. The van der Waals surface area contributed by atoms with E-state index in [0.717, 1.165) is 6.20 Å². The lowest BCUT2D eigenvalue weighted by Gasteiger charge is -2.10. The Hall–Kier alpha value is -2.82. The molecule has 0 aliphatic rings. The maximum atomic E-state index is 12.2. The standard InChI is InChI=1S/C14H17N5O5S/c1-3-24-12(20)4-10-8-25-14(16-10)17-13(21)9(2)6-18-7-11(5-15-18)19(22)23/h5,7-9H,3-4,6H2,1-2H3,(H,16,17,21). The third kappa shape index (κ3) is 5.35. The molecule has 0 aromatic carbocycles. The Morgan fingerprint density at radius 1 is 1.52 bits per heavy atom. The van der Waals surface area contributed by atoms with Gasteiger partial charge in [-0.3, -0.25) is 24.4 Å². The molecule has 1 N–H and O–H groups in total. The van der Waals surface area contributed by atoms with E-state index in [9.17, 15) is 19.7 Å². The van der Waals surface area contributed by atoms with Crippen LogP contribution in [-0.2, 0) is 27.3 Å². The van der Waals surface area contributed by atoms with Crippen molar-refractivity contribution in [2.75, 3.05) is 11.9 Å². The van der Waals surface area contributed by atoms with Gasteiger partial charge in [-0.25, -0.2) is 4.98 Å². The first-order valence-electron chi connectivity index (χ1n) is 7.46. The van der Waals surface area contributed by atoms with Crippen molar-refractivity contribution in [2.45, 2.75) is 26.8 Å². The minimum absolute atomic E-state index is 0.0483. The van der Waals surface area contributed by atoms with E-state index in [2.05, 4.69) is 15.4 Å². The number of thiazole rings is 1. The van der Waals surface area contributed by atoms with Crippen LogP contribution in [0.5, 0.6) is 0 Å². The Balaban J connectivity index is 1.89. The SMILES string of the molecule is CCOC(=O)Cc1csc(NC(=O)C(C)Cn2cc([N+](=O)[O-])cn2)n1. The Labute approximate surface area is 147 Å². The number of esters is 1. The van der Waals surface area contributed by atoms with Crippen LogP contribution in [0.3, 0.4) is 0 Å². The highest BCUT2D eigenvalue weighted by Gasteiger charge is 2.18. The number of carbonyl (C=O) groups is 2. The summed E-state index contributed by atoms with van der Waals surface area (Å²) in [4.78, 5) is 37.8. The van der Waals surface area contributed by atoms with Gasteiger partial charge in [0.1, 0.15) is 12.4 Å². The average Bonchev–Trinajstić information content (AvgIpc) is 3.17. The Morgan fingerprint density at radius 2 is 2.28 bits per heavy atom. The average molecular weight is 367 g/mol. The second-order valence-electron chi connectivity index (χ2n) is 5.19. The molecule has 1 amide bonds. The van der Waals surface area contributed by atoms with Gasteiger partial charge in [-0.1, -0.05) is 6.92 Å². The molecule has 0 aliphatic heterocycles. The molecule has 0 spiro atoms. The first-order valence-corrected chi connectivity index (χ1v) is 8.34. The molecule has 2 aromatic heterocycles. The van der Waals surface area contributed by atoms with Crippen molar-refractivity contribution >= 4 is 34.0 Å². The zero-order chi connectivity index (χ0) is 18.4. The molecule has 0 bridgehead atoms. The van der Waals surface area contributed by atoms with Crippen molar-refractivity contribution < 1.29 is 19.2 Å². The number of nitrogens with zero attached hydrogens (tertiary/aromatic N) is 4. The van der Waals surface area contributed by atoms with Crippen LogP contribution in [0.2, 0.25) is 0 Å². The summed E-state index contributed by atoms with van der Waals surface area (Å²) in [5.41, 5.74) is 0.394. The van der Waals surface area contributed by atoms with E-state index in [1.54, 1.807) is 19.2 Å². The lowest BCUT2D eigenvalue weighted by atomic mass is 10.1. The topological polar surface area (TPSA) is 129 Å². The number of hydrogen-bond donors (Lipinski definition) is 1. The number of amides is 1. The third-order valence-electron chi connectivity index (χ3n) is 3.15. The summed E-state index contributed by atoms with van der Waals surface area (Å²) < 4.78 is 6.18. The van der Waals surface area contributed by atoms with Crippen LogP contribution in [0.25, 0.3) is 0 Å². The van der Waals surface area contributed by atoms with Crippen LogP contribution in [0.15, 0.2) is 17.8 Å². The Kier molecular flexibility index (Phi) is 6.17. The van der Waals surface area contributed by atoms with Crippen LogP contribution in [0, 0.1) is 16.0 Å². The van der Waals surface area contributed by atoms with Crippen molar-refractivity contribution in [1.29, 1.82) is 0 Å². The number of aromatic nitrogens is 3. The van der Waals surface area contributed by atoms with Gasteiger partial charge >= 0.3 is 11.7 Å². The number of hydrogen-bond acceptors (Lipinski definition) is 8. The van der Waals surface area contributed by atoms with Crippen molar-refractivity contribution in [1.82, 2.24) is 14.8 Å². The molecule has 10 nitrogen and oxygen atoms in total. The quantitative estimate of drug-likeness (QED) is 0.426. The van der Waals surface area contributed by atoms with Gasteiger partial charge in [0, 0.05) is 5.38 Å². The fraction of sp³-hybridized carbons (Fsp3) is 0.429. The van der Waals surface area contributed by atoms with E-state index in [4.69, 9.17) is 4.74 Å². The summed E-state index contributed by atoms with van der Waals surface area (Å²) in [6.07, 6.45) is 2.45.